The van der Waals surface area contributed by atoms with Gasteiger partial charge in [0.1, 0.15) is 6.29 Å². The average molecular weight is 138 g/mol. The van der Waals surface area contributed by atoms with Gasteiger partial charge in [0, 0.05) is 0 Å². The molecular formula is C9H14O. The highest BCUT2D eigenvalue weighted by molar-refractivity contribution is 5.65. The van der Waals surface area contributed by atoms with Crippen LogP contribution in [0.4, 0.5) is 0 Å². The lowest BCUT2D eigenvalue weighted by atomic mass is 10.2. The van der Waals surface area contributed by atoms with Crippen molar-refractivity contribution in [1.29, 1.82) is 0 Å². The van der Waals surface area contributed by atoms with Crippen LogP contribution in [0.5, 0.6) is 0 Å². The number of aldehydes is 1. The molecular weight excluding hydrogens is 124 g/mol. The van der Waals surface area contributed by atoms with Gasteiger partial charge in [0.05, 0.1) is 0 Å². The molecule has 1 nitrogen and oxygen atoms in total. The zero-order valence-electron chi connectivity index (χ0n) is 6.42. The molecule has 0 aliphatic heterocycles. The summed E-state index contributed by atoms with van der Waals surface area (Å²) in [6.07, 6.45) is 11.6. The van der Waals surface area contributed by atoms with Gasteiger partial charge in [-0.25, -0.2) is 0 Å². The van der Waals surface area contributed by atoms with E-state index < -0.39 is 0 Å². The highest BCUT2D eigenvalue weighted by Gasteiger charge is 1.74. The summed E-state index contributed by atoms with van der Waals surface area (Å²) in [5.41, 5.74) is 0. The Kier molecular flexibility index (Phi) is 7.46. The van der Waals surface area contributed by atoms with Gasteiger partial charge >= 0.3 is 0 Å². The van der Waals surface area contributed by atoms with Crippen molar-refractivity contribution in [2.75, 3.05) is 0 Å². The number of unbranched alkanes of at least 4 members (excludes halogenated alkanes) is 2. The predicted octanol–water partition coefficient (Wildman–Crippen LogP) is 2.49. The Hall–Kier alpha value is -0.850. The molecule has 0 amide bonds. The molecule has 0 heterocycles. The molecule has 0 bridgehead atoms. The predicted molar refractivity (Wildman–Crippen MR) is 43.9 cm³/mol. The summed E-state index contributed by atoms with van der Waals surface area (Å²) in [6.45, 7) is 2.16. The van der Waals surface area contributed by atoms with Crippen LogP contribution in [-0.2, 0) is 4.79 Å². The Morgan fingerprint density at radius 1 is 1.20 bits per heavy atom. The summed E-state index contributed by atoms with van der Waals surface area (Å²) >= 11 is 0. The summed E-state index contributed by atoms with van der Waals surface area (Å²) in [5, 5.41) is 0. The van der Waals surface area contributed by atoms with Gasteiger partial charge in [0.25, 0.3) is 0 Å². The highest BCUT2D eigenvalue weighted by Crippen LogP contribution is 1.94. The van der Waals surface area contributed by atoms with Gasteiger partial charge in [-0.05, 0) is 12.5 Å². The van der Waals surface area contributed by atoms with E-state index in [-0.39, 0.29) is 0 Å². The van der Waals surface area contributed by atoms with Gasteiger partial charge in [-0.2, -0.15) is 0 Å². The van der Waals surface area contributed by atoms with Crippen molar-refractivity contribution in [3.8, 4) is 0 Å². The van der Waals surface area contributed by atoms with Gasteiger partial charge in [-0.15, -0.1) is 0 Å². The van der Waals surface area contributed by atoms with E-state index in [2.05, 4.69) is 13.0 Å². The van der Waals surface area contributed by atoms with Crippen molar-refractivity contribution in [3.63, 3.8) is 0 Å². The van der Waals surface area contributed by atoms with E-state index in [1.807, 2.05) is 6.08 Å². The molecule has 0 saturated heterocycles. The number of hydrogen-bond acceptors (Lipinski definition) is 1. The molecule has 0 radical (unpaired) electrons. The molecule has 1 heteroatoms. The van der Waals surface area contributed by atoms with Crippen LogP contribution in [0.25, 0.3) is 0 Å². The SMILES string of the molecule is CCCCC=C/C=C/C=O. The van der Waals surface area contributed by atoms with Crippen LogP contribution in [0.3, 0.4) is 0 Å². The van der Waals surface area contributed by atoms with Crippen LogP contribution in [0.1, 0.15) is 26.2 Å². The van der Waals surface area contributed by atoms with Crippen molar-refractivity contribution < 1.29 is 4.79 Å². The van der Waals surface area contributed by atoms with Crippen molar-refractivity contribution in [1.82, 2.24) is 0 Å². The molecule has 56 valence electrons. The van der Waals surface area contributed by atoms with Crippen LogP contribution >= 0.6 is 0 Å². The highest BCUT2D eigenvalue weighted by atomic mass is 16.1. The molecule has 0 aromatic rings. The Labute approximate surface area is 62.4 Å². The number of allylic oxidation sites excluding steroid dienone is 4. The number of carbonyl (C=O) groups excluding carboxylic acids is 1. The second-order valence-electron chi connectivity index (χ2n) is 2.09. The van der Waals surface area contributed by atoms with Gasteiger partial charge in [-0.1, -0.05) is 38.0 Å². The fourth-order valence-corrected chi connectivity index (χ4v) is 0.606. The topological polar surface area (TPSA) is 17.1 Å². The first kappa shape index (κ1) is 9.15. The normalized spacial score (nSPS) is 11.3. The number of carbonyl (C=O) groups is 1. The van der Waals surface area contributed by atoms with E-state index in [4.69, 9.17) is 0 Å². The van der Waals surface area contributed by atoms with E-state index in [0.29, 0.717) is 0 Å². The first-order valence-corrected chi connectivity index (χ1v) is 3.68. The molecule has 0 rings (SSSR count). The Bertz CT molecular complexity index is 123. The van der Waals surface area contributed by atoms with Crippen LogP contribution in [0, 0.1) is 0 Å². The maximum Gasteiger partial charge on any atom is 0.142 e. The third-order valence-corrected chi connectivity index (χ3v) is 1.16. The monoisotopic (exact) mass is 138 g/mol. The van der Waals surface area contributed by atoms with E-state index in [1.165, 1.54) is 18.9 Å². The minimum absolute atomic E-state index is 0.782. The van der Waals surface area contributed by atoms with Gasteiger partial charge < -0.3 is 0 Å². The van der Waals surface area contributed by atoms with Crippen LogP contribution in [-0.4, -0.2) is 6.29 Å². The molecule has 0 aromatic heterocycles. The fourth-order valence-electron chi connectivity index (χ4n) is 0.606. The lowest BCUT2D eigenvalue weighted by molar-refractivity contribution is -0.104. The van der Waals surface area contributed by atoms with Gasteiger partial charge in [0.15, 0.2) is 0 Å². The summed E-state index contributed by atoms with van der Waals surface area (Å²) in [6, 6.07) is 0. The molecule has 0 atom stereocenters. The number of rotatable bonds is 5. The maximum atomic E-state index is 9.77. The zero-order chi connectivity index (χ0) is 7.66. The van der Waals surface area contributed by atoms with Crippen LogP contribution < -0.4 is 0 Å². The Morgan fingerprint density at radius 3 is 2.60 bits per heavy atom. The minimum Gasteiger partial charge on any atom is -0.299 e. The lowest BCUT2D eigenvalue weighted by Crippen LogP contribution is -1.65. The van der Waals surface area contributed by atoms with E-state index >= 15 is 0 Å². The van der Waals surface area contributed by atoms with Crippen molar-refractivity contribution in [3.05, 3.63) is 24.3 Å². The third kappa shape index (κ3) is 7.15. The summed E-state index contributed by atoms with van der Waals surface area (Å²) in [5.74, 6) is 0. The molecule has 0 unspecified atom stereocenters. The molecule has 0 fully saturated rings. The Balaban J connectivity index is 3.19. The van der Waals surface area contributed by atoms with Crippen LogP contribution in [0.2, 0.25) is 0 Å². The first-order valence-electron chi connectivity index (χ1n) is 3.68. The molecule has 0 aromatic carbocycles. The van der Waals surface area contributed by atoms with Crippen LogP contribution in [0.15, 0.2) is 24.3 Å². The summed E-state index contributed by atoms with van der Waals surface area (Å²) in [7, 11) is 0. The smallest absolute Gasteiger partial charge is 0.142 e. The third-order valence-electron chi connectivity index (χ3n) is 1.16. The van der Waals surface area contributed by atoms with Crippen molar-refractivity contribution in [2.24, 2.45) is 0 Å². The fraction of sp³-hybridized carbons (Fsp3) is 0.444. The second-order valence-corrected chi connectivity index (χ2v) is 2.09. The minimum atomic E-state index is 0.782. The summed E-state index contributed by atoms with van der Waals surface area (Å²) < 4.78 is 0. The van der Waals surface area contributed by atoms with Gasteiger partial charge in [-0.3, -0.25) is 4.79 Å². The molecule has 10 heavy (non-hydrogen) atoms. The average Bonchev–Trinajstić information content (AvgIpc) is 1.97. The quantitative estimate of drug-likeness (QED) is 0.247. The standard InChI is InChI=1S/C9H14O/c1-2-3-4-5-6-7-8-9-10/h5-9H,2-4H2,1H3/b6-5?,8-7+. The molecule has 0 saturated carbocycles. The van der Waals surface area contributed by atoms with E-state index in [9.17, 15) is 4.79 Å². The second kappa shape index (κ2) is 8.15. The first-order chi connectivity index (χ1) is 4.91. The Morgan fingerprint density at radius 2 is 2.00 bits per heavy atom. The van der Waals surface area contributed by atoms with Crippen molar-refractivity contribution >= 4 is 6.29 Å². The van der Waals surface area contributed by atoms with Gasteiger partial charge in [0.2, 0.25) is 0 Å². The largest absolute Gasteiger partial charge is 0.299 e. The maximum absolute atomic E-state index is 9.77. The van der Waals surface area contributed by atoms with E-state index in [0.717, 1.165) is 12.7 Å². The zero-order valence-corrected chi connectivity index (χ0v) is 6.42. The molecule has 0 N–H and O–H groups in total. The number of hydrogen-bond donors (Lipinski definition) is 0. The lowest BCUT2D eigenvalue weighted by Gasteiger charge is -1.84. The molecule has 0 aliphatic rings. The van der Waals surface area contributed by atoms with Crippen molar-refractivity contribution in [2.45, 2.75) is 26.2 Å². The van der Waals surface area contributed by atoms with E-state index in [1.54, 1.807) is 6.08 Å². The molecule has 0 aliphatic carbocycles. The molecule has 0 spiro atoms. The summed E-state index contributed by atoms with van der Waals surface area (Å²) in [4.78, 5) is 9.77.